The molecule has 0 saturated heterocycles. The van der Waals surface area contributed by atoms with Gasteiger partial charge in [0.2, 0.25) is 11.8 Å². The van der Waals surface area contributed by atoms with Crippen LogP contribution in [0.4, 0.5) is 5.82 Å². The minimum atomic E-state index is -0.179. The summed E-state index contributed by atoms with van der Waals surface area (Å²) < 4.78 is 0. The topological polar surface area (TPSA) is 71.1 Å². The molecule has 0 saturated carbocycles. The molecule has 0 unspecified atom stereocenters. The van der Waals surface area contributed by atoms with Gasteiger partial charge in [0.1, 0.15) is 5.82 Å². The first-order valence-corrected chi connectivity index (χ1v) is 7.83. The van der Waals surface area contributed by atoms with Gasteiger partial charge >= 0.3 is 0 Å². The number of pyridine rings is 1. The minimum absolute atomic E-state index is 0.161. The quantitative estimate of drug-likeness (QED) is 0.876. The number of nitrogens with one attached hydrogen (secondary N) is 2. The number of rotatable bonds is 5. The van der Waals surface area contributed by atoms with E-state index in [-0.39, 0.29) is 24.8 Å². The summed E-state index contributed by atoms with van der Waals surface area (Å²) in [5.41, 5.74) is 1.50. The molecule has 1 aliphatic carbocycles. The van der Waals surface area contributed by atoms with Crippen LogP contribution in [0.2, 0.25) is 0 Å². The fourth-order valence-corrected chi connectivity index (χ4v) is 2.63. The molecule has 1 aromatic rings. The van der Waals surface area contributed by atoms with Gasteiger partial charge in [-0.1, -0.05) is 17.7 Å². The van der Waals surface area contributed by atoms with Crippen molar-refractivity contribution in [3.63, 3.8) is 0 Å². The van der Waals surface area contributed by atoms with Gasteiger partial charge in [-0.05, 0) is 44.7 Å². The number of hydrogen-bond acceptors (Lipinski definition) is 3. The van der Waals surface area contributed by atoms with E-state index in [1.54, 1.807) is 6.07 Å². The largest absolute Gasteiger partial charge is 0.352 e. The molecule has 0 fully saturated rings. The first-order chi connectivity index (χ1) is 10.6. The number of carbonyl (C=O) groups excluding carboxylic acids is 2. The molecule has 6 heteroatoms. The molecular weight excluding hydrogens is 302 g/mol. The van der Waals surface area contributed by atoms with E-state index >= 15 is 0 Å². The number of amides is 2. The lowest BCUT2D eigenvalue weighted by Gasteiger charge is -2.15. The van der Waals surface area contributed by atoms with Crippen LogP contribution in [0.3, 0.4) is 0 Å². The van der Waals surface area contributed by atoms with Gasteiger partial charge < -0.3 is 10.6 Å². The maximum Gasteiger partial charge on any atom is 0.248 e. The van der Waals surface area contributed by atoms with Crippen molar-refractivity contribution in [3.8, 4) is 0 Å². The Morgan fingerprint density at radius 1 is 1.27 bits per heavy atom. The Morgan fingerprint density at radius 3 is 2.77 bits per heavy atom. The molecule has 0 aromatic carbocycles. The van der Waals surface area contributed by atoms with Crippen LogP contribution in [0.25, 0.3) is 0 Å². The summed E-state index contributed by atoms with van der Waals surface area (Å²) in [5.74, 6) is 0.183. The Morgan fingerprint density at radius 2 is 2.05 bits per heavy atom. The Hall–Kier alpha value is -1.88. The highest BCUT2D eigenvalue weighted by atomic mass is 35.5. The van der Waals surface area contributed by atoms with E-state index in [4.69, 9.17) is 11.6 Å². The molecule has 1 heterocycles. The molecule has 0 atom stereocenters. The summed E-state index contributed by atoms with van der Waals surface area (Å²) in [6.45, 7) is 2.14. The van der Waals surface area contributed by atoms with Crippen LogP contribution in [-0.4, -0.2) is 23.3 Å². The standard InChI is InChI=1S/C16H20ClN3O2/c1-11-5-4-8-14(19-11)20-15(21)9-10-18-16(22)12-6-2-3-7-13(12)17/h4-5,8H,2-3,6-7,9-10H2,1H3,(H,18,22)(H,19,20,21). The zero-order valence-electron chi connectivity index (χ0n) is 12.6. The van der Waals surface area contributed by atoms with Crippen molar-refractivity contribution in [2.75, 3.05) is 11.9 Å². The van der Waals surface area contributed by atoms with E-state index in [0.717, 1.165) is 25.0 Å². The fourth-order valence-electron chi connectivity index (χ4n) is 2.32. The Bertz CT molecular complexity index is 599. The van der Waals surface area contributed by atoms with Crippen LogP contribution in [-0.2, 0) is 9.59 Å². The first kappa shape index (κ1) is 16.5. The second kappa shape index (κ2) is 7.94. The predicted octanol–water partition coefficient (Wildman–Crippen LogP) is 2.90. The van der Waals surface area contributed by atoms with Crippen LogP contribution in [0, 0.1) is 6.92 Å². The van der Waals surface area contributed by atoms with Crippen molar-refractivity contribution in [2.24, 2.45) is 0 Å². The molecule has 0 aliphatic heterocycles. The monoisotopic (exact) mass is 321 g/mol. The lowest BCUT2D eigenvalue weighted by molar-refractivity contribution is -0.118. The predicted molar refractivity (Wildman–Crippen MR) is 86.6 cm³/mol. The number of carbonyl (C=O) groups is 2. The van der Waals surface area contributed by atoms with Crippen molar-refractivity contribution in [1.82, 2.24) is 10.3 Å². The molecule has 0 radical (unpaired) electrons. The number of aromatic nitrogens is 1. The Kier molecular flexibility index (Phi) is 5.95. The third kappa shape index (κ3) is 4.84. The number of halogens is 1. The average molecular weight is 322 g/mol. The fraction of sp³-hybridized carbons (Fsp3) is 0.438. The van der Waals surface area contributed by atoms with Crippen molar-refractivity contribution in [3.05, 3.63) is 34.5 Å². The van der Waals surface area contributed by atoms with E-state index < -0.39 is 0 Å². The molecule has 5 nitrogen and oxygen atoms in total. The molecule has 2 rings (SSSR count). The third-order valence-electron chi connectivity index (χ3n) is 3.47. The highest BCUT2D eigenvalue weighted by Crippen LogP contribution is 2.27. The smallest absolute Gasteiger partial charge is 0.248 e. The number of allylic oxidation sites excluding steroid dienone is 1. The Labute approximate surface area is 135 Å². The highest BCUT2D eigenvalue weighted by molar-refractivity contribution is 6.32. The molecule has 0 spiro atoms. The zero-order chi connectivity index (χ0) is 15.9. The summed E-state index contributed by atoms with van der Waals surface area (Å²) in [6.07, 6.45) is 3.69. The van der Waals surface area contributed by atoms with E-state index in [0.29, 0.717) is 22.8 Å². The van der Waals surface area contributed by atoms with Crippen molar-refractivity contribution < 1.29 is 9.59 Å². The molecular formula is C16H20ClN3O2. The zero-order valence-corrected chi connectivity index (χ0v) is 13.4. The van der Waals surface area contributed by atoms with E-state index in [9.17, 15) is 9.59 Å². The van der Waals surface area contributed by atoms with Crippen LogP contribution in [0.1, 0.15) is 37.8 Å². The molecule has 2 N–H and O–H groups in total. The number of hydrogen-bond donors (Lipinski definition) is 2. The third-order valence-corrected chi connectivity index (χ3v) is 3.89. The van der Waals surface area contributed by atoms with Gasteiger partial charge in [-0.3, -0.25) is 9.59 Å². The van der Waals surface area contributed by atoms with Crippen LogP contribution in [0.5, 0.6) is 0 Å². The number of anilines is 1. The van der Waals surface area contributed by atoms with Crippen molar-refractivity contribution >= 4 is 29.2 Å². The molecule has 22 heavy (non-hydrogen) atoms. The maximum absolute atomic E-state index is 12.0. The Balaban J connectivity index is 1.76. The van der Waals surface area contributed by atoms with Crippen LogP contribution >= 0.6 is 11.6 Å². The normalized spacial score (nSPS) is 14.6. The summed E-state index contributed by atoms with van der Waals surface area (Å²) in [4.78, 5) is 28.0. The summed E-state index contributed by atoms with van der Waals surface area (Å²) in [6, 6.07) is 5.42. The summed E-state index contributed by atoms with van der Waals surface area (Å²) in [5, 5.41) is 6.10. The van der Waals surface area contributed by atoms with Crippen LogP contribution in [0.15, 0.2) is 28.8 Å². The molecule has 1 aliphatic rings. The molecule has 2 amide bonds. The van der Waals surface area contributed by atoms with Gasteiger partial charge in [0.15, 0.2) is 0 Å². The highest BCUT2D eigenvalue weighted by Gasteiger charge is 2.17. The summed E-state index contributed by atoms with van der Waals surface area (Å²) in [7, 11) is 0. The second-order valence-corrected chi connectivity index (χ2v) is 5.77. The van der Waals surface area contributed by atoms with Crippen molar-refractivity contribution in [2.45, 2.75) is 39.0 Å². The molecule has 118 valence electrons. The van der Waals surface area contributed by atoms with Crippen LogP contribution < -0.4 is 10.6 Å². The van der Waals surface area contributed by atoms with E-state index in [1.165, 1.54) is 0 Å². The molecule has 0 bridgehead atoms. The van der Waals surface area contributed by atoms with Gasteiger partial charge in [-0.15, -0.1) is 0 Å². The first-order valence-electron chi connectivity index (χ1n) is 7.45. The van der Waals surface area contributed by atoms with E-state index in [2.05, 4.69) is 15.6 Å². The van der Waals surface area contributed by atoms with Gasteiger partial charge in [0, 0.05) is 29.3 Å². The molecule has 1 aromatic heterocycles. The van der Waals surface area contributed by atoms with E-state index in [1.807, 2.05) is 19.1 Å². The van der Waals surface area contributed by atoms with Gasteiger partial charge in [-0.2, -0.15) is 0 Å². The van der Waals surface area contributed by atoms with Gasteiger partial charge in [-0.25, -0.2) is 4.98 Å². The van der Waals surface area contributed by atoms with Gasteiger partial charge in [0.05, 0.1) is 0 Å². The SMILES string of the molecule is Cc1cccc(NC(=O)CCNC(=O)C2=C(Cl)CCCC2)n1. The minimum Gasteiger partial charge on any atom is -0.352 e. The number of aryl methyl sites for hydroxylation is 1. The average Bonchev–Trinajstić information content (AvgIpc) is 2.47. The summed E-state index contributed by atoms with van der Waals surface area (Å²) >= 11 is 6.07. The number of nitrogens with zero attached hydrogens (tertiary/aromatic N) is 1. The maximum atomic E-state index is 12.0. The lowest BCUT2D eigenvalue weighted by Crippen LogP contribution is -2.29. The van der Waals surface area contributed by atoms with Crippen molar-refractivity contribution in [1.29, 1.82) is 0 Å². The lowest BCUT2D eigenvalue weighted by atomic mass is 9.99. The van der Waals surface area contributed by atoms with Gasteiger partial charge in [0.25, 0.3) is 0 Å². The second-order valence-electron chi connectivity index (χ2n) is 5.31.